The van der Waals surface area contributed by atoms with Crippen molar-refractivity contribution in [2.75, 3.05) is 0 Å². The highest BCUT2D eigenvalue weighted by Gasteiger charge is 2.12. The fourth-order valence-corrected chi connectivity index (χ4v) is 1.33. The van der Waals surface area contributed by atoms with Crippen LogP contribution in [0.15, 0.2) is 35.5 Å². The summed E-state index contributed by atoms with van der Waals surface area (Å²) in [5.41, 5.74) is 1.31. The van der Waals surface area contributed by atoms with E-state index >= 15 is 0 Å². The maximum absolute atomic E-state index is 5.13. The lowest BCUT2D eigenvalue weighted by atomic mass is 10.1. The number of nitrogens with zero attached hydrogens (tertiary/aromatic N) is 1. The first-order chi connectivity index (χ1) is 5.95. The van der Waals surface area contributed by atoms with Gasteiger partial charge in [0.15, 0.2) is 0 Å². The van der Waals surface area contributed by atoms with Gasteiger partial charge in [0.25, 0.3) is 0 Å². The van der Waals surface area contributed by atoms with E-state index in [1.807, 2.05) is 24.4 Å². The van der Waals surface area contributed by atoms with Gasteiger partial charge in [0.2, 0.25) is 0 Å². The van der Waals surface area contributed by atoms with Crippen molar-refractivity contribution in [1.29, 1.82) is 0 Å². The lowest BCUT2D eigenvalue weighted by Crippen LogP contribution is -2.08. The van der Waals surface area contributed by atoms with E-state index in [4.69, 9.17) is 4.84 Å². The molecule has 1 atom stereocenters. The molecule has 2 heteroatoms. The van der Waals surface area contributed by atoms with E-state index in [0.29, 0.717) is 0 Å². The van der Waals surface area contributed by atoms with Crippen molar-refractivity contribution >= 4 is 6.21 Å². The Hall–Kier alpha value is -1.31. The van der Waals surface area contributed by atoms with Gasteiger partial charge in [-0.25, -0.2) is 0 Å². The quantitative estimate of drug-likeness (QED) is 0.650. The highest BCUT2D eigenvalue weighted by atomic mass is 16.6. The van der Waals surface area contributed by atoms with Crippen molar-refractivity contribution in [3.8, 4) is 0 Å². The monoisotopic (exact) mass is 161 g/mol. The second-order valence-corrected chi connectivity index (χ2v) is 2.94. The number of hydrogen-bond acceptors (Lipinski definition) is 2. The largest absolute Gasteiger partial charge is 0.392 e. The maximum Gasteiger partial charge on any atom is 0.136 e. The van der Waals surface area contributed by atoms with Gasteiger partial charge in [-0.1, -0.05) is 35.5 Å². The van der Waals surface area contributed by atoms with E-state index in [1.54, 1.807) is 0 Å². The fraction of sp³-hybridized carbons (Fsp3) is 0.300. The zero-order valence-corrected chi connectivity index (χ0v) is 6.81. The van der Waals surface area contributed by atoms with Crippen LogP contribution in [0.1, 0.15) is 12.0 Å². The average molecular weight is 161 g/mol. The van der Waals surface area contributed by atoms with Gasteiger partial charge in [0, 0.05) is 19.1 Å². The SMILES string of the molecule is C1=NO[C@@H](Cc2ccccc2)C1. The first-order valence-corrected chi connectivity index (χ1v) is 4.17. The predicted molar refractivity (Wildman–Crippen MR) is 48.1 cm³/mol. The van der Waals surface area contributed by atoms with Crippen LogP contribution in [0.5, 0.6) is 0 Å². The van der Waals surface area contributed by atoms with E-state index in [2.05, 4.69) is 17.3 Å². The molecule has 62 valence electrons. The van der Waals surface area contributed by atoms with Crippen LogP contribution >= 0.6 is 0 Å². The summed E-state index contributed by atoms with van der Waals surface area (Å²) in [5, 5.41) is 3.74. The lowest BCUT2D eigenvalue weighted by Gasteiger charge is -2.06. The van der Waals surface area contributed by atoms with Crippen LogP contribution in [0.25, 0.3) is 0 Å². The van der Waals surface area contributed by atoms with E-state index in [9.17, 15) is 0 Å². The van der Waals surface area contributed by atoms with Crippen molar-refractivity contribution in [3.05, 3.63) is 35.9 Å². The highest BCUT2D eigenvalue weighted by Crippen LogP contribution is 2.11. The summed E-state index contributed by atoms with van der Waals surface area (Å²) in [5.74, 6) is 0. The van der Waals surface area contributed by atoms with Crippen LogP contribution < -0.4 is 0 Å². The molecule has 0 bridgehead atoms. The maximum atomic E-state index is 5.13. The molecule has 0 aliphatic carbocycles. The van der Waals surface area contributed by atoms with Crippen LogP contribution in [0.2, 0.25) is 0 Å². The van der Waals surface area contributed by atoms with Gasteiger partial charge in [-0.3, -0.25) is 0 Å². The van der Waals surface area contributed by atoms with Crippen LogP contribution in [0, 0.1) is 0 Å². The number of rotatable bonds is 2. The van der Waals surface area contributed by atoms with E-state index in [0.717, 1.165) is 12.8 Å². The van der Waals surface area contributed by atoms with Gasteiger partial charge in [0.05, 0.1) is 0 Å². The third-order valence-electron chi connectivity index (χ3n) is 1.96. The molecule has 1 aromatic carbocycles. The zero-order chi connectivity index (χ0) is 8.23. The minimum absolute atomic E-state index is 0.257. The molecule has 0 amide bonds. The van der Waals surface area contributed by atoms with E-state index in [1.165, 1.54) is 5.56 Å². The zero-order valence-electron chi connectivity index (χ0n) is 6.81. The molecule has 0 fully saturated rings. The average Bonchev–Trinajstić information content (AvgIpc) is 2.59. The molecule has 0 aromatic heterocycles. The minimum Gasteiger partial charge on any atom is -0.392 e. The molecular weight excluding hydrogens is 150 g/mol. The number of benzene rings is 1. The highest BCUT2D eigenvalue weighted by molar-refractivity contribution is 5.58. The van der Waals surface area contributed by atoms with Gasteiger partial charge in [-0.2, -0.15) is 0 Å². The molecule has 1 aliphatic heterocycles. The predicted octanol–water partition coefficient (Wildman–Crippen LogP) is 2.00. The molecule has 1 heterocycles. The minimum atomic E-state index is 0.257. The lowest BCUT2D eigenvalue weighted by molar-refractivity contribution is 0.0860. The Balaban J connectivity index is 1.95. The molecule has 1 aliphatic rings. The third-order valence-corrected chi connectivity index (χ3v) is 1.96. The van der Waals surface area contributed by atoms with Gasteiger partial charge in [0.1, 0.15) is 6.10 Å². The molecule has 1 aromatic rings. The Morgan fingerprint density at radius 3 is 2.83 bits per heavy atom. The number of hydrogen-bond donors (Lipinski definition) is 0. The molecule has 0 saturated heterocycles. The Kier molecular flexibility index (Phi) is 2.08. The van der Waals surface area contributed by atoms with Crippen molar-refractivity contribution in [1.82, 2.24) is 0 Å². The van der Waals surface area contributed by atoms with Crippen LogP contribution in [0.3, 0.4) is 0 Å². The van der Waals surface area contributed by atoms with Crippen molar-refractivity contribution in [3.63, 3.8) is 0 Å². The molecule has 0 N–H and O–H groups in total. The summed E-state index contributed by atoms with van der Waals surface area (Å²) in [7, 11) is 0. The molecule has 2 rings (SSSR count). The molecule has 0 spiro atoms. The summed E-state index contributed by atoms with van der Waals surface area (Å²) in [6, 6.07) is 10.3. The molecule has 12 heavy (non-hydrogen) atoms. The van der Waals surface area contributed by atoms with Gasteiger partial charge >= 0.3 is 0 Å². The standard InChI is InChI=1S/C10H11NO/c1-2-4-9(5-3-1)8-10-6-7-11-12-10/h1-5,7,10H,6,8H2/t10-/m1/s1. The van der Waals surface area contributed by atoms with Gasteiger partial charge in [-0.05, 0) is 5.56 Å². The van der Waals surface area contributed by atoms with Crippen LogP contribution in [-0.4, -0.2) is 12.3 Å². The van der Waals surface area contributed by atoms with E-state index < -0.39 is 0 Å². The molecule has 0 saturated carbocycles. The van der Waals surface area contributed by atoms with Crippen molar-refractivity contribution in [2.24, 2.45) is 5.16 Å². The summed E-state index contributed by atoms with van der Waals surface area (Å²) < 4.78 is 0. The molecular formula is C10H11NO. The molecule has 2 nitrogen and oxygen atoms in total. The normalized spacial score (nSPS) is 20.8. The molecule has 0 radical (unpaired) electrons. The Morgan fingerprint density at radius 2 is 2.17 bits per heavy atom. The smallest absolute Gasteiger partial charge is 0.136 e. The first-order valence-electron chi connectivity index (χ1n) is 4.17. The topological polar surface area (TPSA) is 21.6 Å². The third kappa shape index (κ3) is 1.64. The molecule has 0 unspecified atom stereocenters. The Morgan fingerprint density at radius 1 is 1.33 bits per heavy atom. The van der Waals surface area contributed by atoms with Crippen molar-refractivity contribution in [2.45, 2.75) is 18.9 Å². The second-order valence-electron chi connectivity index (χ2n) is 2.94. The second kappa shape index (κ2) is 3.39. The van der Waals surface area contributed by atoms with Gasteiger partial charge in [-0.15, -0.1) is 0 Å². The summed E-state index contributed by atoms with van der Waals surface area (Å²) in [6.07, 6.45) is 3.98. The summed E-state index contributed by atoms with van der Waals surface area (Å²) in [6.45, 7) is 0. The summed E-state index contributed by atoms with van der Waals surface area (Å²) in [4.78, 5) is 5.13. The van der Waals surface area contributed by atoms with Gasteiger partial charge < -0.3 is 4.84 Å². The summed E-state index contributed by atoms with van der Waals surface area (Å²) >= 11 is 0. The number of oxime groups is 1. The fourth-order valence-electron chi connectivity index (χ4n) is 1.33. The Bertz CT molecular complexity index is 260. The van der Waals surface area contributed by atoms with Crippen LogP contribution in [-0.2, 0) is 11.3 Å². The van der Waals surface area contributed by atoms with Crippen molar-refractivity contribution < 1.29 is 4.84 Å². The first kappa shape index (κ1) is 7.35. The van der Waals surface area contributed by atoms with Crippen LogP contribution in [0.4, 0.5) is 0 Å². The van der Waals surface area contributed by atoms with E-state index in [-0.39, 0.29) is 6.10 Å². The Labute approximate surface area is 71.8 Å².